The van der Waals surface area contributed by atoms with Crippen LogP contribution in [-0.2, 0) is 0 Å². The van der Waals surface area contributed by atoms with E-state index in [1.165, 1.54) is 11.3 Å². The monoisotopic (exact) mass is 258 g/mol. The zero-order chi connectivity index (χ0) is 9.26. The van der Waals surface area contributed by atoms with E-state index in [0.717, 1.165) is 0 Å². The molecule has 13 heavy (non-hydrogen) atoms. The van der Waals surface area contributed by atoms with Crippen LogP contribution in [0, 0.1) is 5.82 Å². The van der Waals surface area contributed by atoms with Crippen LogP contribution in [0.15, 0.2) is 28.4 Å². The van der Waals surface area contributed by atoms with Crippen molar-refractivity contribution in [2.75, 3.05) is 0 Å². The van der Waals surface area contributed by atoms with Crippen LogP contribution in [0.5, 0.6) is 0 Å². The minimum Gasteiger partial charge on any atom is -0.246 e. The van der Waals surface area contributed by atoms with Gasteiger partial charge in [0.05, 0.1) is 5.56 Å². The summed E-state index contributed by atoms with van der Waals surface area (Å²) in [4.78, 5) is 7.79. The number of hydrogen-bond donors (Lipinski definition) is 0. The predicted molar refractivity (Wildman–Crippen MR) is 53.0 cm³/mol. The number of thiazole rings is 1. The van der Waals surface area contributed by atoms with E-state index < -0.39 is 0 Å². The molecule has 2 nitrogen and oxygen atoms in total. The largest absolute Gasteiger partial charge is 0.246 e. The van der Waals surface area contributed by atoms with E-state index in [-0.39, 0.29) is 10.4 Å². The molecule has 0 saturated heterocycles. The van der Waals surface area contributed by atoms with Crippen molar-refractivity contribution in [2.24, 2.45) is 0 Å². The number of aromatic nitrogens is 2. The Labute approximate surface area is 86.6 Å². The SMILES string of the molecule is Fc1c(-c2nccs2)ccnc1Br. The second kappa shape index (κ2) is 3.51. The van der Waals surface area contributed by atoms with Crippen molar-refractivity contribution in [1.82, 2.24) is 9.97 Å². The van der Waals surface area contributed by atoms with E-state index in [9.17, 15) is 4.39 Å². The fourth-order valence-corrected chi connectivity index (χ4v) is 1.93. The van der Waals surface area contributed by atoms with Crippen LogP contribution in [0.1, 0.15) is 0 Å². The molecule has 0 spiro atoms. The molecular formula is C8H4BrFN2S. The van der Waals surface area contributed by atoms with Gasteiger partial charge in [-0.1, -0.05) is 0 Å². The number of rotatable bonds is 1. The van der Waals surface area contributed by atoms with E-state index in [4.69, 9.17) is 0 Å². The summed E-state index contributed by atoms with van der Waals surface area (Å²) in [6.45, 7) is 0. The molecule has 0 aliphatic carbocycles. The molecule has 0 unspecified atom stereocenters. The fraction of sp³-hybridized carbons (Fsp3) is 0. The van der Waals surface area contributed by atoms with E-state index in [1.54, 1.807) is 18.5 Å². The minimum atomic E-state index is -0.363. The van der Waals surface area contributed by atoms with Crippen LogP contribution in [-0.4, -0.2) is 9.97 Å². The Morgan fingerprint density at radius 2 is 2.15 bits per heavy atom. The minimum absolute atomic E-state index is 0.222. The average Bonchev–Trinajstić information content (AvgIpc) is 2.62. The Morgan fingerprint density at radius 1 is 1.31 bits per heavy atom. The third kappa shape index (κ3) is 1.62. The van der Waals surface area contributed by atoms with Crippen LogP contribution in [0.3, 0.4) is 0 Å². The summed E-state index contributed by atoms with van der Waals surface area (Å²) in [6, 6.07) is 1.61. The highest BCUT2D eigenvalue weighted by Gasteiger charge is 2.10. The Hall–Kier alpha value is -0.810. The van der Waals surface area contributed by atoms with Gasteiger partial charge in [0.2, 0.25) is 0 Å². The molecule has 66 valence electrons. The fourth-order valence-electron chi connectivity index (χ4n) is 0.940. The molecule has 0 bridgehead atoms. The van der Waals surface area contributed by atoms with Gasteiger partial charge in [-0.25, -0.2) is 14.4 Å². The van der Waals surface area contributed by atoms with Crippen molar-refractivity contribution in [3.63, 3.8) is 0 Å². The summed E-state index contributed by atoms with van der Waals surface area (Å²) in [6.07, 6.45) is 3.19. The Balaban J connectivity index is 2.59. The van der Waals surface area contributed by atoms with E-state index in [0.29, 0.717) is 10.6 Å². The van der Waals surface area contributed by atoms with Crippen LogP contribution < -0.4 is 0 Å². The van der Waals surface area contributed by atoms with Crippen molar-refractivity contribution in [3.05, 3.63) is 34.3 Å². The first-order valence-corrected chi connectivity index (χ1v) is 5.16. The molecule has 2 aromatic heterocycles. The first-order valence-electron chi connectivity index (χ1n) is 3.49. The van der Waals surface area contributed by atoms with Crippen LogP contribution >= 0.6 is 27.3 Å². The van der Waals surface area contributed by atoms with Crippen molar-refractivity contribution in [3.8, 4) is 10.6 Å². The highest BCUT2D eigenvalue weighted by molar-refractivity contribution is 9.10. The lowest BCUT2D eigenvalue weighted by molar-refractivity contribution is 0.616. The number of hydrogen-bond acceptors (Lipinski definition) is 3. The topological polar surface area (TPSA) is 25.8 Å². The first-order chi connectivity index (χ1) is 6.29. The zero-order valence-electron chi connectivity index (χ0n) is 6.37. The van der Waals surface area contributed by atoms with Gasteiger partial charge in [-0.05, 0) is 22.0 Å². The van der Waals surface area contributed by atoms with Gasteiger partial charge in [0, 0.05) is 17.8 Å². The molecule has 0 fully saturated rings. The summed E-state index contributed by atoms with van der Waals surface area (Å²) in [5.74, 6) is -0.363. The van der Waals surface area contributed by atoms with Gasteiger partial charge in [-0.3, -0.25) is 0 Å². The smallest absolute Gasteiger partial charge is 0.166 e. The number of halogens is 2. The summed E-state index contributed by atoms with van der Waals surface area (Å²) in [7, 11) is 0. The van der Waals surface area contributed by atoms with E-state index in [2.05, 4.69) is 25.9 Å². The van der Waals surface area contributed by atoms with Gasteiger partial charge >= 0.3 is 0 Å². The molecule has 2 rings (SSSR count). The summed E-state index contributed by atoms with van der Waals surface area (Å²) in [5, 5.41) is 2.48. The molecule has 0 N–H and O–H groups in total. The Kier molecular flexibility index (Phi) is 2.37. The molecule has 0 aliphatic rings. The van der Waals surface area contributed by atoms with Gasteiger partial charge in [0.1, 0.15) is 9.61 Å². The third-order valence-corrected chi connectivity index (χ3v) is 2.87. The second-order valence-corrected chi connectivity index (χ2v) is 3.95. The van der Waals surface area contributed by atoms with E-state index in [1.807, 2.05) is 5.38 Å². The molecule has 0 aromatic carbocycles. The maximum Gasteiger partial charge on any atom is 0.166 e. The standard InChI is InChI=1S/C8H4BrFN2S/c9-7-6(10)5(1-2-11-7)8-12-3-4-13-8/h1-4H. The molecule has 0 radical (unpaired) electrons. The van der Waals surface area contributed by atoms with Crippen LogP contribution in [0.2, 0.25) is 0 Å². The van der Waals surface area contributed by atoms with Crippen molar-refractivity contribution in [2.45, 2.75) is 0 Å². The lowest BCUT2D eigenvalue weighted by atomic mass is 10.3. The number of pyridine rings is 1. The Bertz CT molecular complexity index is 416. The van der Waals surface area contributed by atoms with Crippen molar-refractivity contribution in [1.29, 1.82) is 0 Å². The van der Waals surface area contributed by atoms with Crippen molar-refractivity contribution >= 4 is 27.3 Å². The third-order valence-electron chi connectivity index (χ3n) is 1.51. The van der Waals surface area contributed by atoms with Crippen LogP contribution in [0.4, 0.5) is 4.39 Å². The molecule has 0 amide bonds. The lowest BCUT2D eigenvalue weighted by Gasteiger charge is -1.98. The Morgan fingerprint density at radius 3 is 2.85 bits per heavy atom. The molecule has 2 heterocycles. The summed E-state index contributed by atoms with van der Waals surface area (Å²) < 4.78 is 13.6. The molecule has 0 saturated carbocycles. The summed E-state index contributed by atoms with van der Waals surface area (Å²) >= 11 is 4.42. The quantitative estimate of drug-likeness (QED) is 0.735. The van der Waals surface area contributed by atoms with Gasteiger partial charge in [0.15, 0.2) is 5.82 Å². The lowest BCUT2D eigenvalue weighted by Crippen LogP contribution is -1.87. The molecule has 2 aromatic rings. The molecule has 5 heteroatoms. The normalized spacial score (nSPS) is 10.3. The van der Waals surface area contributed by atoms with E-state index >= 15 is 0 Å². The highest BCUT2D eigenvalue weighted by Crippen LogP contribution is 2.27. The first kappa shape index (κ1) is 8.77. The predicted octanol–water partition coefficient (Wildman–Crippen LogP) is 3.11. The molecule has 0 aliphatic heterocycles. The van der Waals surface area contributed by atoms with Crippen LogP contribution in [0.25, 0.3) is 10.6 Å². The number of nitrogens with zero attached hydrogens (tertiary/aromatic N) is 2. The highest BCUT2D eigenvalue weighted by atomic mass is 79.9. The molecular weight excluding hydrogens is 255 g/mol. The van der Waals surface area contributed by atoms with Gasteiger partial charge in [0.25, 0.3) is 0 Å². The van der Waals surface area contributed by atoms with Crippen molar-refractivity contribution < 1.29 is 4.39 Å². The maximum atomic E-state index is 13.4. The van der Waals surface area contributed by atoms with Gasteiger partial charge < -0.3 is 0 Å². The molecule has 0 atom stereocenters. The average molecular weight is 259 g/mol. The maximum absolute atomic E-state index is 13.4. The van der Waals surface area contributed by atoms with Gasteiger partial charge in [-0.2, -0.15) is 0 Å². The second-order valence-electron chi connectivity index (χ2n) is 2.30. The summed E-state index contributed by atoms with van der Waals surface area (Å²) in [5.41, 5.74) is 0.483. The zero-order valence-corrected chi connectivity index (χ0v) is 8.77. The van der Waals surface area contributed by atoms with Gasteiger partial charge in [-0.15, -0.1) is 11.3 Å².